The van der Waals surface area contributed by atoms with E-state index in [-0.39, 0.29) is 11.7 Å². The molecule has 1 aromatic rings. The third kappa shape index (κ3) is 2.79. The largest absolute Gasteiger partial charge is 0.493 e. The molecular formula is C23H32O7. The number of aliphatic hydroxyl groups is 1. The summed E-state index contributed by atoms with van der Waals surface area (Å²) in [4.78, 5) is 13.9. The predicted octanol–water partition coefficient (Wildman–Crippen LogP) is 2.74. The summed E-state index contributed by atoms with van der Waals surface area (Å²) in [6.07, 6.45) is 0.995. The van der Waals surface area contributed by atoms with E-state index in [1.807, 2.05) is 19.1 Å². The first-order chi connectivity index (χ1) is 14.3. The van der Waals surface area contributed by atoms with Gasteiger partial charge in [0.2, 0.25) is 5.75 Å². The minimum absolute atomic E-state index is 0.107. The number of aliphatic hydroxyl groups excluding tert-OH is 1. The molecule has 0 aliphatic heterocycles. The molecule has 0 amide bonds. The van der Waals surface area contributed by atoms with Crippen LogP contribution in [0.4, 0.5) is 0 Å². The van der Waals surface area contributed by atoms with Crippen molar-refractivity contribution in [2.45, 2.75) is 43.5 Å². The molecule has 0 aromatic heterocycles. The molecule has 2 fully saturated rings. The first-order valence-electron chi connectivity index (χ1n) is 10.0. The Hall–Kier alpha value is -2.09. The van der Waals surface area contributed by atoms with Gasteiger partial charge in [-0.15, -0.1) is 6.58 Å². The van der Waals surface area contributed by atoms with Crippen LogP contribution in [0.25, 0.3) is 0 Å². The lowest BCUT2D eigenvalue weighted by molar-refractivity contribution is -0.190. The van der Waals surface area contributed by atoms with Crippen molar-refractivity contribution in [1.29, 1.82) is 0 Å². The van der Waals surface area contributed by atoms with Gasteiger partial charge in [0.05, 0.1) is 27.4 Å². The Labute approximate surface area is 177 Å². The molecule has 3 rings (SSSR count). The Morgan fingerprint density at radius 3 is 2.17 bits per heavy atom. The normalized spacial score (nSPS) is 35.2. The van der Waals surface area contributed by atoms with E-state index < -0.39 is 29.1 Å². The quantitative estimate of drug-likeness (QED) is 0.648. The lowest BCUT2D eigenvalue weighted by Gasteiger charge is -2.45. The van der Waals surface area contributed by atoms with Crippen LogP contribution in [0.3, 0.4) is 0 Å². The average Bonchev–Trinajstić information content (AvgIpc) is 2.89. The van der Waals surface area contributed by atoms with Crippen molar-refractivity contribution in [3.8, 4) is 17.2 Å². The molecule has 0 heterocycles. The molecule has 7 nitrogen and oxygen atoms in total. The number of carbonyl (C=O) groups is 1. The molecule has 30 heavy (non-hydrogen) atoms. The first kappa shape index (κ1) is 22.6. The van der Waals surface area contributed by atoms with Gasteiger partial charge in [0, 0.05) is 25.6 Å². The van der Waals surface area contributed by atoms with E-state index in [0.717, 1.165) is 5.56 Å². The Kier molecular flexibility index (Phi) is 6.18. The predicted molar refractivity (Wildman–Crippen MR) is 111 cm³/mol. The second-order valence-corrected chi connectivity index (χ2v) is 8.12. The van der Waals surface area contributed by atoms with Crippen molar-refractivity contribution in [2.24, 2.45) is 11.3 Å². The van der Waals surface area contributed by atoms with E-state index in [4.69, 9.17) is 23.7 Å². The van der Waals surface area contributed by atoms with Crippen LogP contribution in [0, 0.1) is 11.3 Å². The highest BCUT2D eigenvalue weighted by Gasteiger charge is 2.74. The van der Waals surface area contributed by atoms with Crippen molar-refractivity contribution in [1.82, 2.24) is 0 Å². The molecule has 2 aliphatic rings. The van der Waals surface area contributed by atoms with E-state index in [2.05, 4.69) is 6.58 Å². The third-order valence-electron chi connectivity index (χ3n) is 7.19. The van der Waals surface area contributed by atoms with Gasteiger partial charge < -0.3 is 28.8 Å². The Balaban J connectivity index is 2.29. The Morgan fingerprint density at radius 2 is 1.73 bits per heavy atom. The second kappa shape index (κ2) is 8.21. The second-order valence-electron chi connectivity index (χ2n) is 8.12. The van der Waals surface area contributed by atoms with E-state index >= 15 is 0 Å². The number of hydrogen-bond donors (Lipinski definition) is 1. The van der Waals surface area contributed by atoms with Gasteiger partial charge in [0.1, 0.15) is 6.10 Å². The van der Waals surface area contributed by atoms with Crippen molar-refractivity contribution in [2.75, 3.05) is 35.5 Å². The maximum atomic E-state index is 13.9. The molecular weight excluding hydrogens is 388 g/mol. The lowest BCUT2D eigenvalue weighted by atomic mass is 9.66. The van der Waals surface area contributed by atoms with E-state index in [1.54, 1.807) is 27.4 Å². The highest BCUT2D eigenvalue weighted by Crippen LogP contribution is 2.64. The van der Waals surface area contributed by atoms with Crippen molar-refractivity contribution in [3.63, 3.8) is 0 Å². The highest BCUT2D eigenvalue weighted by molar-refractivity contribution is 5.99. The van der Waals surface area contributed by atoms with Gasteiger partial charge in [-0.05, 0) is 36.5 Å². The number of ketones is 1. The fraction of sp³-hybridized carbons (Fsp3) is 0.609. The summed E-state index contributed by atoms with van der Waals surface area (Å²) < 4.78 is 28.0. The van der Waals surface area contributed by atoms with Crippen LogP contribution in [0.5, 0.6) is 17.2 Å². The van der Waals surface area contributed by atoms with E-state index in [0.29, 0.717) is 30.1 Å². The number of rotatable bonds is 8. The summed E-state index contributed by atoms with van der Waals surface area (Å²) in [5, 5.41) is 11.3. The zero-order chi connectivity index (χ0) is 22.3. The fourth-order valence-corrected chi connectivity index (χ4v) is 5.76. The van der Waals surface area contributed by atoms with Crippen LogP contribution in [0.1, 0.15) is 31.2 Å². The van der Waals surface area contributed by atoms with E-state index in [1.165, 1.54) is 14.2 Å². The van der Waals surface area contributed by atoms with Gasteiger partial charge >= 0.3 is 0 Å². The SMILES string of the molecule is C=CC[C@@]12C[C@@H](OC)[C@@H](O)[C@](OC)(C1=O)[C@@H](c1cc(OC)c(OC)c(OC)c1)[C@@H]2C. The number of ether oxygens (including phenoxy) is 5. The molecule has 0 radical (unpaired) electrons. The molecule has 0 unspecified atom stereocenters. The maximum Gasteiger partial charge on any atom is 0.203 e. The Morgan fingerprint density at radius 1 is 1.13 bits per heavy atom. The maximum absolute atomic E-state index is 13.9. The van der Waals surface area contributed by atoms with Crippen LogP contribution in [-0.2, 0) is 14.3 Å². The summed E-state index contributed by atoms with van der Waals surface area (Å²) in [6.45, 7) is 5.90. The molecule has 0 spiro atoms. The monoisotopic (exact) mass is 420 g/mol. The molecule has 7 heteroatoms. The van der Waals surface area contributed by atoms with Crippen molar-refractivity contribution in [3.05, 3.63) is 30.4 Å². The molecule has 0 saturated heterocycles. The Bertz CT molecular complexity index is 797. The van der Waals surface area contributed by atoms with Crippen molar-refractivity contribution >= 4 is 5.78 Å². The third-order valence-corrected chi connectivity index (χ3v) is 7.19. The van der Waals surface area contributed by atoms with Gasteiger partial charge in [-0.2, -0.15) is 0 Å². The van der Waals surface area contributed by atoms with Crippen LogP contribution >= 0.6 is 0 Å². The number of methoxy groups -OCH3 is 5. The minimum atomic E-state index is -1.45. The summed E-state index contributed by atoms with van der Waals surface area (Å²) in [5.41, 5.74) is -1.43. The van der Waals surface area contributed by atoms with Crippen LogP contribution in [0.15, 0.2) is 24.8 Å². The minimum Gasteiger partial charge on any atom is -0.493 e. The summed E-state index contributed by atoms with van der Waals surface area (Å²) in [6, 6.07) is 3.65. The number of allylic oxidation sites excluding steroid dienone is 1. The summed E-state index contributed by atoms with van der Waals surface area (Å²) in [5.74, 6) is 0.722. The smallest absolute Gasteiger partial charge is 0.203 e. The van der Waals surface area contributed by atoms with Gasteiger partial charge in [-0.25, -0.2) is 0 Å². The topological polar surface area (TPSA) is 83.5 Å². The number of fused-ring (bicyclic) bond motifs is 2. The molecule has 2 aliphatic carbocycles. The zero-order valence-electron chi connectivity index (χ0n) is 18.6. The first-order valence-corrected chi connectivity index (χ1v) is 10.0. The van der Waals surface area contributed by atoms with Gasteiger partial charge in [0.15, 0.2) is 22.9 Å². The molecule has 1 N–H and O–H groups in total. The molecule has 2 bridgehead atoms. The number of carbonyl (C=O) groups excluding carboxylic acids is 1. The van der Waals surface area contributed by atoms with Crippen LogP contribution in [0.2, 0.25) is 0 Å². The van der Waals surface area contributed by atoms with Gasteiger partial charge in [-0.3, -0.25) is 4.79 Å². The van der Waals surface area contributed by atoms with E-state index in [9.17, 15) is 9.90 Å². The van der Waals surface area contributed by atoms with Crippen LogP contribution in [-0.4, -0.2) is 64.2 Å². The van der Waals surface area contributed by atoms with Crippen LogP contribution < -0.4 is 14.2 Å². The lowest BCUT2D eigenvalue weighted by Crippen LogP contribution is -2.62. The number of hydrogen-bond acceptors (Lipinski definition) is 7. The molecule has 166 valence electrons. The standard InChI is InChI=1S/C23H32O7/c1-8-9-22-12-17(28-5)20(24)23(30-7,21(22)25)18(13(22)2)14-10-15(26-3)19(29-6)16(11-14)27-4/h8,10-11,13,17-18,20,24H,1,9,12H2,2-7H3/t13-,17+,18+,20+,22-,23-/m0/s1. The molecule has 2 saturated carbocycles. The van der Waals surface area contributed by atoms with Gasteiger partial charge in [0.25, 0.3) is 0 Å². The fourth-order valence-electron chi connectivity index (χ4n) is 5.76. The number of benzene rings is 1. The average molecular weight is 421 g/mol. The summed E-state index contributed by atoms with van der Waals surface area (Å²) >= 11 is 0. The van der Waals surface area contributed by atoms with Gasteiger partial charge in [-0.1, -0.05) is 13.0 Å². The highest BCUT2D eigenvalue weighted by atomic mass is 16.5. The summed E-state index contributed by atoms with van der Waals surface area (Å²) in [7, 11) is 7.65. The molecule has 6 atom stereocenters. The van der Waals surface area contributed by atoms with Crippen molar-refractivity contribution < 1.29 is 33.6 Å². The zero-order valence-corrected chi connectivity index (χ0v) is 18.6. The molecule has 1 aromatic carbocycles. The number of Topliss-reactive ketones (excluding diaryl/α,β-unsaturated/α-hetero) is 1.